The summed E-state index contributed by atoms with van der Waals surface area (Å²) in [5.74, 6) is -0.764. The molecule has 0 atom stereocenters. The highest BCUT2D eigenvalue weighted by Crippen LogP contribution is 2.37. The summed E-state index contributed by atoms with van der Waals surface area (Å²) >= 11 is 6.69. The van der Waals surface area contributed by atoms with Gasteiger partial charge in [-0.1, -0.05) is 11.6 Å². The second-order valence-corrected chi connectivity index (χ2v) is 8.24. The summed E-state index contributed by atoms with van der Waals surface area (Å²) < 4.78 is 32.7. The summed E-state index contributed by atoms with van der Waals surface area (Å²) in [6.07, 6.45) is 6.97. The van der Waals surface area contributed by atoms with E-state index in [1.54, 1.807) is 6.21 Å². The van der Waals surface area contributed by atoms with Crippen LogP contribution in [0.3, 0.4) is 0 Å². The van der Waals surface area contributed by atoms with Crippen molar-refractivity contribution < 1.29 is 13.5 Å². The number of fused-ring (bicyclic) bond motifs is 3. The van der Waals surface area contributed by atoms with Gasteiger partial charge < -0.3 is 15.1 Å². The fraction of sp³-hybridized carbons (Fsp3) is 0.364. The third-order valence-electron chi connectivity index (χ3n) is 5.92. The Bertz CT molecular complexity index is 1140. The number of ether oxygens (including phenoxy) is 1. The van der Waals surface area contributed by atoms with Crippen molar-refractivity contribution in [2.75, 3.05) is 6.54 Å². The average molecular weight is 431 g/mol. The van der Waals surface area contributed by atoms with Crippen molar-refractivity contribution in [1.82, 2.24) is 10.4 Å². The molecule has 0 bridgehead atoms. The molecule has 2 N–H and O–H groups in total. The lowest BCUT2D eigenvalue weighted by Crippen LogP contribution is -2.33. The number of benzene rings is 1. The first-order valence-corrected chi connectivity index (χ1v) is 10.5. The maximum Gasteiger partial charge on any atom is 0.129 e. The summed E-state index contributed by atoms with van der Waals surface area (Å²) in [6.45, 7) is 1.18. The Balaban J connectivity index is 1.40. The molecule has 1 fully saturated rings. The SMILES string of the molecule is Fc1cc(F)cc(OC2CCC(C3=c4[nH]c5c(c4=NCC=C3Cl)CNN=C5)CC2)c1. The molecule has 8 heteroatoms. The zero-order valence-corrected chi connectivity index (χ0v) is 17.0. The highest BCUT2D eigenvalue weighted by atomic mass is 35.5. The van der Waals surface area contributed by atoms with Crippen molar-refractivity contribution >= 4 is 23.4 Å². The normalized spacial score (nSPS) is 22.9. The second-order valence-electron chi connectivity index (χ2n) is 7.84. The lowest BCUT2D eigenvalue weighted by molar-refractivity contribution is 0.142. The van der Waals surface area contributed by atoms with Crippen LogP contribution < -0.4 is 20.9 Å². The number of H-pyrrole nitrogens is 1. The van der Waals surface area contributed by atoms with Crippen LogP contribution in [-0.4, -0.2) is 23.8 Å². The van der Waals surface area contributed by atoms with E-state index in [0.717, 1.165) is 64.3 Å². The quantitative estimate of drug-likeness (QED) is 0.785. The van der Waals surface area contributed by atoms with E-state index in [4.69, 9.17) is 21.3 Å². The number of halogens is 3. The van der Waals surface area contributed by atoms with Crippen LogP contribution in [0.25, 0.3) is 5.57 Å². The lowest BCUT2D eigenvalue weighted by atomic mass is 9.82. The van der Waals surface area contributed by atoms with Crippen LogP contribution in [0.1, 0.15) is 36.9 Å². The van der Waals surface area contributed by atoms with Crippen molar-refractivity contribution in [2.24, 2.45) is 16.0 Å². The fourth-order valence-corrected chi connectivity index (χ4v) is 4.86. The van der Waals surface area contributed by atoms with Gasteiger partial charge in [-0.25, -0.2) is 8.78 Å². The van der Waals surface area contributed by atoms with Gasteiger partial charge in [-0.15, -0.1) is 0 Å². The highest BCUT2D eigenvalue weighted by Gasteiger charge is 2.29. The Labute approximate surface area is 177 Å². The van der Waals surface area contributed by atoms with Crippen LogP contribution in [-0.2, 0) is 6.54 Å². The summed E-state index contributed by atoms with van der Waals surface area (Å²) in [5, 5.41) is 6.80. The Kier molecular flexibility index (Phi) is 5.06. The summed E-state index contributed by atoms with van der Waals surface area (Å²) in [5.41, 5.74) is 6.17. The first-order valence-electron chi connectivity index (χ1n) is 10.1. The summed E-state index contributed by atoms with van der Waals surface area (Å²) in [6, 6.07) is 3.29. The minimum Gasteiger partial charge on any atom is -0.490 e. The molecule has 1 saturated carbocycles. The molecule has 0 unspecified atom stereocenters. The molecule has 1 aromatic heterocycles. The monoisotopic (exact) mass is 430 g/mol. The fourth-order valence-electron chi connectivity index (χ4n) is 4.55. The predicted octanol–water partition coefficient (Wildman–Crippen LogP) is 3.27. The van der Waals surface area contributed by atoms with E-state index in [-0.39, 0.29) is 17.8 Å². The van der Waals surface area contributed by atoms with Gasteiger partial charge in [-0.05, 0) is 43.3 Å². The Morgan fingerprint density at radius 1 is 1.07 bits per heavy atom. The molecule has 30 heavy (non-hydrogen) atoms. The van der Waals surface area contributed by atoms with Gasteiger partial charge in [-0.3, -0.25) is 4.99 Å². The van der Waals surface area contributed by atoms with E-state index >= 15 is 0 Å². The Morgan fingerprint density at radius 2 is 1.83 bits per heavy atom. The number of hydrogen-bond donors (Lipinski definition) is 2. The van der Waals surface area contributed by atoms with E-state index in [1.807, 2.05) is 6.08 Å². The van der Waals surface area contributed by atoms with Crippen LogP contribution in [0.15, 0.2) is 39.4 Å². The third kappa shape index (κ3) is 3.62. The molecule has 0 saturated heterocycles. The van der Waals surface area contributed by atoms with Gasteiger partial charge in [0.1, 0.15) is 17.4 Å². The number of nitrogens with zero attached hydrogens (tertiary/aromatic N) is 2. The maximum absolute atomic E-state index is 13.4. The summed E-state index contributed by atoms with van der Waals surface area (Å²) in [4.78, 5) is 8.21. The van der Waals surface area contributed by atoms with Crippen LogP contribution in [0, 0.1) is 17.6 Å². The molecule has 156 valence electrons. The predicted molar refractivity (Wildman–Crippen MR) is 111 cm³/mol. The van der Waals surface area contributed by atoms with Crippen LogP contribution in [0.2, 0.25) is 0 Å². The molecule has 3 aliphatic rings. The standard InChI is InChI=1S/C22H21ClF2N4O/c23-18-5-6-26-21-17-10-27-28-11-19(17)29-22(21)20(18)12-1-3-15(4-2-12)30-16-8-13(24)7-14(25)9-16/h5,7-9,11-12,15,27,29H,1-4,6,10H2. The number of nitrogens with one attached hydrogen (secondary N) is 2. The summed E-state index contributed by atoms with van der Waals surface area (Å²) in [7, 11) is 0. The van der Waals surface area contributed by atoms with E-state index in [1.165, 1.54) is 12.1 Å². The molecule has 1 aromatic carbocycles. The minimum absolute atomic E-state index is 0.0751. The number of rotatable bonds is 3. The van der Waals surface area contributed by atoms with Gasteiger partial charge in [0.2, 0.25) is 0 Å². The van der Waals surface area contributed by atoms with Gasteiger partial charge in [0.05, 0.1) is 41.8 Å². The average Bonchev–Trinajstić information content (AvgIpc) is 2.98. The van der Waals surface area contributed by atoms with E-state index < -0.39 is 11.6 Å². The highest BCUT2D eigenvalue weighted by molar-refractivity contribution is 6.35. The molecule has 5 nitrogen and oxygen atoms in total. The second kappa shape index (κ2) is 7.87. The van der Waals surface area contributed by atoms with Crippen LogP contribution in [0.5, 0.6) is 5.75 Å². The molecule has 0 spiro atoms. The first kappa shape index (κ1) is 19.3. The number of aromatic amines is 1. The van der Waals surface area contributed by atoms with Gasteiger partial charge in [-0.2, -0.15) is 5.10 Å². The Morgan fingerprint density at radius 3 is 2.60 bits per heavy atom. The largest absolute Gasteiger partial charge is 0.490 e. The number of allylic oxidation sites excluding steroid dienone is 1. The van der Waals surface area contributed by atoms with Gasteiger partial charge in [0.25, 0.3) is 0 Å². The molecule has 5 rings (SSSR count). The van der Waals surface area contributed by atoms with Crippen molar-refractivity contribution in [3.63, 3.8) is 0 Å². The topological polar surface area (TPSA) is 61.8 Å². The molecule has 3 heterocycles. The molecule has 0 radical (unpaired) electrons. The van der Waals surface area contributed by atoms with Crippen molar-refractivity contribution in [3.8, 4) is 5.75 Å². The minimum atomic E-state index is -0.630. The van der Waals surface area contributed by atoms with Gasteiger partial charge in [0, 0.05) is 28.8 Å². The Hall–Kier alpha value is -2.67. The maximum atomic E-state index is 13.4. The number of aromatic nitrogens is 1. The third-order valence-corrected chi connectivity index (χ3v) is 6.27. The molecule has 1 aliphatic carbocycles. The molecule has 2 aromatic rings. The van der Waals surface area contributed by atoms with Crippen molar-refractivity contribution in [2.45, 2.75) is 38.3 Å². The first-order chi connectivity index (χ1) is 14.6. The smallest absolute Gasteiger partial charge is 0.129 e. The molecular weight excluding hydrogens is 410 g/mol. The van der Waals surface area contributed by atoms with Crippen molar-refractivity contribution in [3.05, 3.63) is 62.9 Å². The van der Waals surface area contributed by atoms with E-state index in [0.29, 0.717) is 13.1 Å². The van der Waals surface area contributed by atoms with E-state index in [2.05, 4.69) is 15.5 Å². The van der Waals surface area contributed by atoms with Crippen LogP contribution >= 0.6 is 11.6 Å². The van der Waals surface area contributed by atoms with Crippen LogP contribution in [0.4, 0.5) is 8.78 Å². The number of hydrazone groups is 1. The van der Waals surface area contributed by atoms with Gasteiger partial charge >= 0.3 is 0 Å². The lowest BCUT2D eigenvalue weighted by Gasteiger charge is -2.30. The van der Waals surface area contributed by atoms with Crippen molar-refractivity contribution in [1.29, 1.82) is 0 Å². The molecule has 0 amide bonds. The zero-order valence-electron chi connectivity index (χ0n) is 16.2. The molecular formula is C22H21ClF2N4O. The zero-order chi connectivity index (χ0) is 20.7. The van der Waals surface area contributed by atoms with E-state index in [9.17, 15) is 8.78 Å². The van der Waals surface area contributed by atoms with Gasteiger partial charge in [0.15, 0.2) is 0 Å². The number of hydrogen-bond acceptors (Lipinski definition) is 4. The molecule has 2 aliphatic heterocycles.